The Balaban J connectivity index is 2.60. The summed E-state index contributed by atoms with van der Waals surface area (Å²) in [4.78, 5) is 15.0. The van der Waals surface area contributed by atoms with E-state index in [9.17, 15) is 4.79 Å². The number of carbonyl (C=O) groups excluding carboxylic acids is 1. The molecule has 0 amide bonds. The van der Waals surface area contributed by atoms with Crippen LogP contribution < -0.4 is 11.6 Å². The fourth-order valence-electron chi connectivity index (χ4n) is 1.05. The number of carbonyl (C=O) groups is 1. The molecule has 0 fully saturated rings. The molecule has 0 saturated heterocycles. The Morgan fingerprint density at radius 3 is 2.50 bits per heavy atom. The summed E-state index contributed by atoms with van der Waals surface area (Å²) in [6, 6.07) is 7.06. The lowest BCUT2D eigenvalue weighted by molar-refractivity contribution is -0.145. The van der Waals surface area contributed by atoms with Crippen LogP contribution in [-0.2, 0) is 16.1 Å². The van der Waals surface area contributed by atoms with Crippen LogP contribution in [-0.4, -0.2) is 12.0 Å². The second kappa shape index (κ2) is 5.28. The highest BCUT2D eigenvalue weighted by Crippen LogP contribution is 2.08. The summed E-state index contributed by atoms with van der Waals surface area (Å²) in [7, 11) is 0. The van der Waals surface area contributed by atoms with Crippen molar-refractivity contribution in [3.8, 4) is 0 Å². The molecule has 4 N–H and O–H groups in total. The molecule has 1 atom stereocenters. The molecule has 1 rings (SSSR count). The van der Waals surface area contributed by atoms with Gasteiger partial charge in [0.2, 0.25) is 0 Å². The topological polar surface area (TPSA) is 78.3 Å². The summed E-state index contributed by atoms with van der Waals surface area (Å²) in [6.07, 6.45) is 0.437. The molecule has 14 heavy (non-hydrogen) atoms. The summed E-state index contributed by atoms with van der Waals surface area (Å²) >= 11 is 2.21. The second-order valence-electron chi connectivity index (χ2n) is 2.87. The number of rotatable bonds is 3. The van der Waals surface area contributed by atoms with E-state index >= 15 is 0 Å². The summed E-state index contributed by atoms with van der Waals surface area (Å²) in [6.45, 7) is 0. The van der Waals surface area contributed by atoms with Gasteiger partial charge in [-0.2, -0.15) is 5.90 Å². The molecule has 5 heteroatoms. The molecule has 4 nitrogen and oxygen atoms in total. The van der Waals surface area contributed by atoms with Gasteiger partial charge in [0.1, 0.15) is 6.04 Å². The SMILES string of the molecule is NOC(=O)[C@H](N)Cc1ccc(I)cc1. The van der Waals surface area contributed by atoms with Crippen LogP contribution in [0.5, 0.6) is 0 Å². The van der Waals surface area contributed by atoms with Crippen molar-refractivity contribution in [3.63, 3.8) is 0 Å². The van der Waals surface area contributed by atoms with Gasteiger partial charge in [0.25, 0.3) is 0 Å². The van der Waals surface area contributed by atoms with Gasteiger partial charge in [-0.25, -0.2) is 4.79 Å². The molecule has 0 heterocycles. The number of hydrogen-bond acceptors (Lipinski definition) is 4. The molecule has 0 saturated carbocycles. The minimum atomic E-state index is -0.694. The second-order valence-corrected chi connectivity index (χ2v) is 4.12. The fraction of sp³-hybridized carbons (Fsp3) is 0.222. The molecule has 76 valence electrons. The summed E-state index contributed by atoms with van der Waals surface area (Å²) in [5, 5.41) is 0. The third-order valence-corrected chi connectivity index (χ3v) is 2.51. The zero-order valence-corrected chi connectivity index (χ0v) is 9.60. The third-order valence-electron chi connectivity index (χ3n) is 1.79. The van der Waals surface area contributed by atoms with E-state index in [1.54, 1.807) is 0 Å². The van der Waals surface area contributed by atoms with E-state index in [0.717, 1.165) is 9.13 Å². The van der Waals surface area contributed by atoms with Crippen LogP contribution in [0.25, 0.3) is 0 Å². The predicted octanol–water partition coefficient (Wildman–Crippen LogP) is 0.578. The maximum atomic E-state index is 10.9. The van der Waals surface area contributed by atoms with E-state index in [0.29, 0.717) is 6.42 Å². The van der Waals surface area contributed by atoms with E-state index in [1.165, 1.54) is 0 Å². The molecule has 1 aromatic rings. The van der Waals surface area contributed by atoms with Crippen molar-refractivity contribution in [3.05, 3.63) is 33.4 Å². The number of benzene rings is 1. The Labute approximate surface area is 95.7 Å². The van der Waals surface area contributed by atoms with E-state index in [2.05, 4.69) is 27.4 Å². The van der Waals surface area contributed by atoms with Gasteiger partial charge in [0.15, 0.2) is 0 Å². The van der Waals surface area contributed by atoms with Gasteiger partial charge >= 0.3 is 5.97 Å². The Morgan fingerprint density at radius 2 is 2.00 bits per heavy atom. The third kappa shape index (κ3) is 3.24. The van der Waals surface area contributed by atoms with E-state index < -0.39 is 12.0 Å². The minimum absolute atomic E-state index is 0.437. The maximum absolute atomic E-state index is 10.9. The van der Waals surface area contributed by atoms with Crippen molar-refractivity contribution in [2.24, 2.45) is 11.6 Å². The lowest BCUT2D eigenvalue weighted by atomic mass is 10.1. The van der Waals surface area contributed by atoms with Gasteiger partial charge in [-0.05, 0) is 46.7 Å². The molecule has 0 aliphatic carbocycles. The molecule has 0 bridgehead atoms. The normalized spacial score (nSPS) is 12.2. The van der Waals surface area contributed by atoms with Crippen molar-refractivity contribution in [2.75, 3.05) is 0 Å². The Hall–Kier alpha value is -0.660. The molecular weight excluding hydrogens is 295 g/mol. The molecule has 0 radical (unpaired) electrons. The van der Waals surface area contributed by atoms with Crippen LogP contribution in [0.3, 0.4) is 0 Å². The first-order valence-electron chi connectivity index (χ1n) is 4.04. The van der Waals surface area contributed by atoms with Crippen LogP contribution >= 0.6 is 22.6 Å². The zero-order valence-electron chi connectivity index (χ0n) is 7.44. The fourth-order valence-corrected chi connectivity index (χ4v) is 1.40. The van der Waals surface area contributed by atoms with Gasteiger partial charge in [-0.3, -0.25) is 0 Å². The molecule has 0 spiro atoms. The van der Waals surface area contributed by atoms with Gasteiger partial charge in [0.05, 0.1) is 0 Å². The maximum Gasteiger partial charge on any atom is 0.341 e. The number of halogens is 1. The van der Waals surface area contributed by atoms with Crippen LogP contribution in [0.15, 0.2) is 24.3 Å². The van der Waals surface area contributed by atoms with Gasteiger partial charge in [-0.1, -0.05) is 12.1 Å². The van der Waals surface area contributed by atoms with Gasteiger partial charge in [-0.15, -0.1) is 0 Å². The van der Waals surface area contributed by atoms with Crippen molar-refractivity contribution in [1.82, 2.24) is 0 Å². The largest absolute Gasteiger partial charge is 0.372 e. The van der Waals surface area contributed by atoms with Crippen molar-refractivity contribution >= 4 is 28.6 Å². The Kier molecular flexibility index (Phi) is 4.30. The van der Waals surface area contributed by atoms with Crippen molar-refractivity contribution < 1.29 is 9.63 Å². The van der Waals surface area contributed by atoms with Crippen LogP contribution in [0.4, 0.5) is 0 Å². The van der Waals surface area contributed by atoms with Crippen LogP contribution in [0.1, 0.15) is 5.56 Å². The Bertz CT molecular complexity index is 313. The smallest absolute Gasteiger partial charge is 0.341 e. The van der Waals surface area contributed by atoms with E-state index in [-0.39, 0.29) is 0 Å². The summed E-state index contributed by atoms with van der Waals surface area (Å²) in [5.41, 5.74) is 6.53. The molecule has 1 aromatic carbocycles. The van der Waals surface area contributed by atoms with E-state index in [1.807, 2.05) is 24.3 Å². The first kappa shape index (κ1) is 11.4. The molecule has 0 aliphatic heterocycles. The standard InChI is InChI=1S/C9H11IN2O2/c10-7-3-1-6(2-4-7)5-8(11)9(13)14-12/h1-4,8H,5,11-12H2/t8-/m1/s1. The highest BCUT2D eigenvalue weighted by atomic mass is 127. The predicted molar refractivity (Wildman–Crippen MR) is 61.1 cm³/mol. The minimum Gasteiger partial charge on any atom is -0.372 e. The van der Waals surface area contributed by atoms with Crippen molar-refractivity contribution in [1.29, 1.82) is 0 Å². The molecule has 0 aliphatic rings. The molecule has 0 unspecified atom stereocenters. The molecule has 0 aromatic heterocycles. The average Bonchev–Trinajstić information content (AvgIpc) is 2.20. The lowest BCUT2D eigenvalue weighted by Gasteiger charge is -2.08. The first-order valence-corrected chi connectivity index (χ1v) is 5.12. The molecular formula is C9H11IN2O2. The quantitative estimate of drug-likeness (QED) is 0.632. The number of nitrogens with two attached hydrogens (primary N) is 2. The van der Waals surface area contributed by atoms with Crippen LogP contribution in [0.2, 0.25) is 0 Å². The average molecular weight is 306 g/mol. The van der Waals surface area contributed by atoms with Gasteiger partial charge in [0, 0.05) is 3.57 Å². The zero-order chi connectivity index (χ0) is 10.6. The summed E-state index contributed by atoms with van der Waals surface area (Å²) in [5.74, 6) is 4.13. The van der Waals surface area contributed by atoms with E-state index in [4.69, 9.17) is 11.6 Å². The highest BCUT2D eigenvalue weighted by molar-refractivity contribution is 14.1. The lowest BCUT2D eigenvalue weighted by Crippen LogP contribution is -2.35. The summed E-state index contributed by atoms with van der Waals surface area (Å²) < 4.78 is 1.14. The van der Waals surface area contributed by atoms with Crippen LogP contribution in [0, 0.1) is 3.57 Å². The monoisotopic (exact) mass is 306 g/mol. The van der Waals surface area contributed by atoms with Crippen molar-refractivity contribution in [2.45, 2.75) is 12.5 Å². The number of hydrogen-bond donors (Lipinski definition) is 2. The Morgan fingerprint density at radius 1 is 1.43 bits per heavy atom. The van der Waals surface area contributed by atoms with Gasteiger partial charge < -0.3 is 10.6 Å². The highest BCUT2D eigenvalue weighted by Gasteiger charge is 2.14. The first-order chi connectivity index (χ1) is 6.63.